The van der Waals surface area contributed by atoms with Crippen LogP contribution in [0, 0.1) is 0 Å². The highest BCUT2D eigenvalue weighted by Crippen LogP contribution is 2.10. The van der Waals surface area contributed by atoms with Gasteiger partial charge in [0, 0.05) is 18.6 Å². The predicted octanol–water partition coefficient (Wildman–Crippen LogP) is 2.03. The van der Waals surface area contributed by atoms with Gasteiger partial charge in [0.2, 0.25) is 0 Å². The van der Waals surface area contributed by atoms with Gasteiger partial charge in [-0.05, 0) is 24.1 Å². The molecular formula is C10H11N3. The van der Waals surface area contributed by atoms with Gasteiger partial charge in [-0.2, -0.15) is 0 Å². The molecule has 0 saturated heterocycles. The van der Waals surface area contributed by atoms with Gasteiger partial charge in [-0.25, -0.2) is 9.97 Å². The van der Waals surface area contributed by atoms with E-state index in [9.17, 15) is 0 Å². The van der Waals surface area contributed by atoms with E-state index in [1.807, 2.05) is 30.7 Å². The quantitative estimate of drug-likeness (QED) is 0.755. The van der Waals surface area contributed by atoms with E-state index < -0.39 is 0 Å². The molecule has 0 bridgehead atoms. The lowest BCUT2D eigenvalue weighted by molar-refractivity contribution is 1.04. The Bertz CT molecular complexity index is 362. The molecular weight excluding hydrogens is 162 g/mol. The summed E-state index contributed by atoms with van der Waals surface area (Å²) in [6, 6.07) is 3.90. The van der Waals surface area contributed by atoms with Crippen LogP contribution < -0.4 is 0 Å². The topological polar surface area (TPSA) is 41.6 Å². The molecule has 0 atom stereocenters. The molecule has 2 rings (SSSR count). The van der Waals surface area contributed by atoms with Gasteiger partial charge in [-0.3, -0.25) is 0 Å². The fraction of sp³-hybridized carbons (Fsp3) is 0.200. The highest BCUT2D eigenvalue weighted by atomic mass is 14.9. The first-order valence-electron chi connectivity index (χ1n) is 4.35. The van der Waals surface area contributed by atoms with Gasteiger partial charge < -0.3 is 4.98 Å². The van der Waals surface area contributed by atoms with Crippen molar-refractivity contribution < 1.29 is 0 Å². The number of hydrogen-bond donors (Lipinski definition) is 1. The van der Waals surface area contributed by atoms with Crippen LogP contribution in [-0.4, -0.2) is 15.0 Å². The maximum absolute atomic E-state index is 4.25. The van der Waals surface area contributed by atoms with Gasteiger partial charge in [-0.1, -0.05) is 6.92 Å². The average Bonchev–Trinajstić information content (AvgIpc) is 2.71. The number of rotatable bonds is 2. The van der Waals surface area contributed by atoms with Gasteiger partial charge in [0.1, 0.15) is 0 Å². The van der Waals surface area contributed by atoms with E-state index in [4.69, 9.17) is 0 Å². The molecule has 0 unspecified atom stereocenters. The van der Waals surface area contributed by atoms with Gasteiger partial charge in [-0.15, -0.1) is 0 Å². The molecule has 2 heterocycles. The third-order valence-electron chi connectivity index (χ3n) is 1.95. The summed E-state index contributed by atoms with van der Waals surface area (Å²) < 4.78 is 0. The molecule has 0 aromatic carbocycles. The lowest BCUT2D eigenvalue weighted by Crippen LogP contribution is -1.90. The maximum atomic E-state index is 4.25. The highest BCUT2D eigenvalue weighted by molar-refractivity contribution is 5.48. The van der Waals surface area contributed by atoms with Crippen molar-refractivity contribution in [1.82, 2.24) is 15.0 Å². The highest BCUT2D eigenvalue weighted by Gasteiger charge is 1.99. The summed E-state index contributed by atoms with van der Waals surface area (Å²) >= 11 is 0. The van der Waals surface area contributed by atoms with Gasteiger partial charge in [0.15, 0.2) is 5.82 Å². The van der Waals surface area contributed by atoms with Crippen molar-refractivity contribution in [2.24, 2.45) is 0 Å². The summed E-state index contributed by atoms with van der Waals surface area (Å²) in [6.45, 7) is 2.09. The average molecular weight is 173 g/mol. The number of aromatic nitrogens is 3. The largest absolute Gasteiger partial charge is 0.359 e. The Hall–Kier alpha value is -1.64. The Kier molecular flexibility index (Phi) is 2.08. The molecule has 0 aliphatic rings. The van der Waals surface area contributed by atoms with Crippen LogP contribution in [-0.2, 0) is 6.42 Å². The van der Waals surface area contributed by atoms with E-state index in [1.165, 1.54) is 0 Å². The lowest BCUT2D eigenvalue weighted by Gasteiger charge is -1.97. The molecule has 2 aromatic heterocycles. The molecule has 0 radical (unpaired) electrons. The monoisotopic (exact) mass is 173 g/mol. The van der Waals surface area contributed by atoms with Crippen molar-refractivity contribution >= 4 is 0 Å². The SMILES string of the molecule is CCc1cnc(-c2ccc[nH]2)nc1. The second-order valence-electron chi connectivity index (χ2n) is 2.85. The zero-order valence-electron chi connectivity index (χ0n) is 7.49. The zero-order chi connectivity index (χ0) is 9.10. The molecule has 0 aliphatic heterocycles. The second-order valence-corrected chi connectivity index (χ2v) is 2.85. The van der Waals surface area contributed by atoms with Crippen molar-refractivity contribution in [3.63, 3.8) is 0 Å². The summed E-state index contributed by atoms with van der Waals surface area (Å²) in [4.78, 5) is 11.6. The molecule has 0 fully saturated rings. The minimum Gasteiger partial charge on any atom is -0.359 e. The van der Waals surface area contributed by atoms with Crippen LogP contribution in [0.15, 0.2) is 30.7 Å². The van der Waals surface area contributed by atoms with Crippen LogP contribution in [0.2, 0.25) is 0 Å². The number of hydrogen-bond acceptors (Lipinski definition) is 2. The van der Waals surface area contributed by atoms with Crippen molar-refractivity contribution in [2.75, 3.05) is 0 Å². The van der Waals surface area contributed by atoms with Crippen molar-refractivity contribution in [2.45, 2.75) is 13.3 Å². The van der Waals surface area contributed by atoms with E-state index in [0.717, 1.165) is 23.5 Å². The standard InChI is InChI=1S/C10H11N3/c1-2-8-6-12-10(13-7-8)9-4-3-5-11-9/h3-7,11H,2H2,1H3. The van der Waals surface area contributed by atoms with E-state index >= 15 is 0 Å². The summed E-state index contributed by atoms with van der Waals surface area (Å²) in [6.07, 6.45) is 6.57. The van der Waals surface area contributed by atoms with Crippen LogP contribution in [0.5, 0.6) is 0 Å². The van der Waals surface area contributed by atoms with E-state index in [-0.39, 0.29) is 0 Å². The Morgan fingerprint density at radius 1 is 1.31 bits per heavy atom. The number of nitrogens with zero attached hydrogens (tertiary/aromatic N) is 2. The number of nitrogens with one attached hydrogen (secondary N) is 1. The molecule has 0 aliphatic carbocycles. The van der Waals surface area contributed by atoms with Crippen LogP contribution in [0.3, 0.4) is 0 Å². The zero-order valence-corrected chi connectivity index (χ0v) is 7.49. The Labute approximate surface area is 76.9 Å². The molecule has 2 aromatic rings. The summed E-state index contributed by atoms with van der Waals surface area (Å²) in [7, 11) is 0. The fourth-order valence-electron chi connectivity index (χ4n) is 1.15. The van der Waals surface area contributed by atoms with Gasteiger partial charge >= 0.3 is 0 Å². The normalized spacial score (nSPS) is 10.2. The first-order chi connectivity index (χ1) is 6.40. The van der Waals surface area contributed by atoms with Crippen LogP contribution in [0.25, 0.3) is 11.5 Å². The number of aromatic amines is 1. The minimum atomic E-state index is 0.752. The third kappa shape index (κ3) is 1.59. The lowest BCUT2D eigenvalue weighted by atomic mass is 10.3. The Morgan fingerprint density at radius 3 is 2.62 bits per heavy atom. The van der Waals surface area contributed by atoms with E-state index in [2.05, 4.69) is 21.9 Å². The van der Waals surface area contributed by atoms with Crippen LogP contribution >= 0.6 is 0 Å². The van der Waals surface area contributed by atoms with Crippen molar-refractivity contribution in [3.8, 4) is 11.5 Å². The second kappa shape index (κ2) is 3.39. The maximum Gasteiger partial charge on any atom is 0.175 e. The molecule has 0 amide bonds. The number of aryl methyl sites for hydroxylation is 1. The number of H-pyrrole nitrogens is 1. The van der Waals surface area contributed by atoms with Crippen LogP contribution in [0.4, 0.5) is 0 Å². The smallest absolute Gasteiger partial charge is 0.175 e. The molecule has 0 saturated carbocycles. The van der Waals surface area contributed by atoms with Crippen molar-refractivity contribution in [3.05, 3.63) is 36.3 Å². The van der Waals surface area contributed by atoms with Gasteiger partial charge in [0.05, 0.1) is 5.69 Å². The summed E-state index contributed by atoms with van der Waals surface area (Å²) in [5, 5.41) is 0. The molecule has 66 valence electrons. The molecule has 3 heteroatoms. The molecule has 1 N–H and O–H groups in total. The Balaban J connectivity index is 2.33. The summed E-state index contributed by atoms with van der Waals surface area (Å²) in [5.74, 6) is 0.752. The molecule has 0 spiro atoms. The minimum absolute atomic E-state index is 0.752. The summed E-state index contributed by atoms with van der Waals surface area (Å²) in [5.41, 5.74) is 2.12. The van der Waals surface area contributed by atoms with Crippen molar-refractivity contribution in [1.29, 1.82) is 0 Å². The van der Waals surface area contributed by atoms with E-state index in [1.54, 1.807) is 0 Å². The van der Waals surface area contributed by atoms with Crippen LogP contribution in [0.1, 0.15) is 12.5 Å². The fourth-order valence-corrected chi connectivity index (χ4v) is 1.15. The van der Waals surface area contributed by atoms with E-state index in [0.29, 0.717) is 0 Å². The predicted molar refractivity (Wildman–Crippen MR) is 51.2 cm³/mol. The first kappa shape index (κ1) is 7.98. The molecule has 13 heavy (non-hydrogen) atoms. The van der Waals surface area contributed by atoms with Gasteiger partial charge in [0.25, 0.3) is 0 Å². The third-order valence-corrected chi connectivity index (χ3v) is 1.95. The Morgan fingerprint density at radius 2 is 2.08 bits per heavy atom. The first-order valence-corrected chi connectivity index (χ1v) is 4.35. The molecule has 3 nitrogen and oxygen atoms in total.